The monoisotopic (exact) mass is 464 g/mol. The number of carboxylic acid groups (broad SMARTS) is 1. The van der Waals surface area contributed by atoms with E-state index in [-0.39, 0.29) is 36.3 Å². The summed E-state index contributed by atoms with van der Waals surface area (Å²) in [4.78, 5) is 36.7. The van der Waals surface area contributed by atoms with Gasteiger partial charge in [-0.15, -0.1) is 0 Å². The number of carboxylic acids is 1. The summed E-state index contributed by atoms with van der Waals surface area (Å²) in [7, 11) is 0. The van der Waals surface area contributed by atoms with Crippen LogP contribution in [0.2, 0.25) is 0 Å². The Morgan fingerprint density at radius 1 is 0.941 bits per heavy atom. The van der Waals surface area contributed by atoms with Gasteiger partial charge in [-0.05, 0) is 53.9 Å². The third-order valence-electron chi connectivity index (χ3n) is 6.99. The first-order valence-corrected chi connectivity index (χ1v) is 12.0. The summed E-state index contributed by atoms with van der Waals surface area (Å²) in [6, 6.07) is 15.5. The first-order valence-electron chi connectivity index (χ1n) is 12.0. The van der Waals surface area contributed by atoms with Gasteiger partial charge in [0.1, 0.15) is 12.6 Å². The van der Waals surface area contributed by atoms with Crippen molar-refractivity contribution in [1.82, 2.24) is 10.6 Å². The normalized spacial score (nSPS) is 20.2. The molecule has 2 amide bonds. The highest BCUT2D eigenvalue weighted by Crippen LogP contribution is 2.44. The average molecular weight is 465 g/mol. The van der Waals surface area contributed by atoms with E-state index < -0.39 is 18.1 Å². The summed E-state index contributed by atoms with van der Waals surface area (Å²) >= 11 is 0. The van der Waals surface area contributed by atoms with Gasteiger partial charge < -0.3 is 20.5 Å². The molecule has 2 aliphatic rings. The van der Waals surface area contributed by atoms with Crippen molar-refractivity contribution in [2.45, 2.75) is 57.5 Å². The number of hydrogen-bond acceptors (Lipinski definition) is 4. The topological polar surface area (TPSA) is 105 Å². The fraction of sp³-hybridized carbons (Fsp3) is 0.444. The lowest BCUT2D eigenvalue weighted by Crippen LogP contribution is -2.52. The van der Waals surface area contributed by atoms with Crippen molar-refractivity contribution in [3.8, 4) is 11.1 Å². The Kier molecular flexibility index (Phi) is 7.20. The Bertz CT molecular complexity index is 1010. The average Bonchev–Trinajstić information content (AvgIpc) is 3.15. The van der Waals surface area contributed by atoms with Gasteiger partial charge in [-0.1, -0.05) is 62.4 Å². The molecule has 1 atom stereocenters. The van der Waals surface area contributed by atoms with Gasteiger partial charge >= 0.3 is 12.1 Å². The van der Waals surface area contributed by atoms with E-state index in [9.17, 15) is 14.4 Å². The van der Waals surface area contributed by atoms with Crippen LogP contribution in [0.1, 0.15) is 56.6 Å². The number of carbonyl (C=O) groups is 3. The minimum atomic E-state index is -0.776. The predicted octanol–water partition coefficient (Wildman–Crippen LogP) is 4.31. The van der Waals surface area contributed by atoms with Crippen LogP contribution < -0.4 is 10.6 Å². The highest BCUT2D eigenvalue weighted by molar-refractivity contribution is 5.86. The lowest BCUT2D eigenvalue weighted by Gasteiger charge is -2.29. The van der Waals surface area contributed by atoms with Crippen molar-refractivity contribution in [2.75, 3.05) is 6.61 Å². The molecule has 1 fully saturated rings. The number of nitrogens with one attached hydrogen (secondary N) is 2. The number of carbonyl (C=O) groups excluding carboxylic acids is 2. The number of alkyl carbamates (subject to hydrolysis) is 1. The number of rotatable bonds is 7. The maximum absolute atomic E-state index is 12.9. The second-order valence-electron chi connectivity index (χ2n) is 9.59. The van der Waals surface area contributed by atoms with Crippen LogP contribution in [0.25, 0.3) is 11.1 Å². The highest BCUT2D eigenvalue weighted by atomic mass is 16.5. The Balaban J connectivity index is 1.34. The van der Waals surface area contributed by atoms with Gasteiger partial charge in [-0.2, -0.15) is 0 Å². The fourth-order valence-corrected chi connectivity index (χ4v) is 5.08. The first kappa shape index (κ1) is 23.8. The molecule has 0 bridgehead atoms. The number of amides is 2. The summed E-state index contributed by atoms with van der Waals surface area (Å²) in [6.45, 7) is 3.93. The zero-order valence-electron chi connectivity index (χ0n) is 19.6. The highest BCUT2D eigenvalue weighted by Gasteiger charge is 2.32. The van der Waals surface area contributed by atoms with Crippen molar-refractivity contribution >= 4 is 18.0 Å². The lowest BCUT2D eigenvalue weighted by molar-refractivity contribution is -0.142. The van der Waals surface area contributed by atoms with Crippen molar-refractivity contribution in [1.29, 1.82) is 0 Å². The molecule has 4 rings (SSSR count). The molecule has 7 nitrogen and oxygen atoms in total. The Morgan fingerprint density at radius 2 is 1.50 bits per heavy atom. The SMILES string of the molecule is CC(C)[C@H](NC(=O)OCC1c2ccccc2-c2ccccc21)C(=O)NC1CCC(C(=O)O)CC1. The molecule has 2 aromatic carbocycles. The van der Waals surface area contributed by atoms with Crippen LogP contribution in [-0.4, -0.2) is 41.8 Å². The lowest BCUT2D eigenvalue weighted by atomic mass is 9.86. The third kappa shape index (κ3) is 5.08. The molecule has 2 aliphatic carbocycles. The second kappa shape index (κ2) is 10.3. The fourth-order valence-electron chi connectivity index (χ4n) is 5.08. The number of aliphatic carboxylic acids is 1. The molecule has 34 heavy (non-hydrogen) atoms. The largest absolute Gasteiger partial charge is 0.481 e. The predicted molar refractivity (Wildman–Crippen MR) is 128 cm³/mol. The van der Waals surface area contributed by atoms with Crippen molar-refractivity contribution in [3.05, 3.63) is 59.7 Å². The van der Waals surface area contributed by atoms with E-state index in [0.717, 1.165) is 22.3 Å². The van der Waals surface area contributed by atoms with E-state index in [1.165, 1.54) is 0 Å². The zero-order chi connectivity index (χ0) is 24.2. The number of benzene rings is 2. The van der Waals surface area contributed by atoms with E-state index in [4.69, 9.17) is 9.84 Å². The Morgan fingerprint density at radius 3 is 2.03 bits per heavy atom. The molecule has 0 aliphatic heterocycles. The van der Waals surface area contributed by atoms with Gasteiger partial charge in [0.25, 0.3) is 0 Å². The Hall–Kier alpha value is -3.35. The number of ether oxygens (including phenoxy) is 1. The number of fused-ring (bicyclic) bond motifs is 3. The van der Waals surface area contributed by atoms with Crippen LogP contribution in [-0.2, 0) is 14.3 Å². The van der Waals surface area contributed by atoms with Crippen LogP contribution in [0.5, 0.6) is 0 Å². The molecule has 2 aromatic rings. The standard InChI is InChI=1S/C27H32N2O5/c1-16(2)24(25(30)28-18-13-11-17(12-14-18)26(31)32)29-27(33)34-15-23-21-9-5-3-7-19(21)20-8-4-6-10-22(20)23/h3-10,16-18,23-24H,11-15H2,1-2H3,(H,28,30)(H,29,33)(H,31,32)/t17?,18?,24-/m0/s1. The van der Waals surface area contributed by atoms with E-state index in [2.05, 4.69) is 34.9 Å². The molecular weight excluding hydrogens is 432 g/mol. The maximum atomic E-state index is 12.9. The molecule has 3 N–H and O–H groups in total. The van der Waals surface area contributed by atoms with Crippen LogP contribution in [0.15, 0.2) is 48.5 Å². The molecule has 0 heterocycles. The van der Waals surface area contributed by atoms with Crippen LogP contribution in [0, 0.1) is 11.8 Å². The third-order valence-corrected chi connectivity index (χ3v) is 6.99. The summed E-state index contributed by atoms with van der Waals surface area (Å²) < 4.78 is 5.61. The molecule has 180 valence electrons. The van der Waals surface area contributed by atoms with Gasteiger partial charge in [-0.3, -0.25) is 9.59 Å². The molecule has 0 spiro atoms. The van der Waals surface area contributed by atoms with Crippen molar-refractivity contribution in [2.24, 2.45) is 11.8 Å². The van der Waals surface area contributed by atoms with Gasteiger partial charge in [0.2, 0.25) is 5.91 Å². The molecule has 0 saturated heterocycles. The minimum absolute atomic E-state index is 0.0473. The minimum Gasteiger partial charge on any atom is -0.481 e. The summed E-state index contributed by atoms with van der Waals surface area (Å²) in [5, 5.41) is 14.9. The van der Waals surface area contributed by atoms with Gasteiger partial charge in [0, 0.05) is 12.0 Å². The summed E-state index contributed by atoms with van der Waals surface area (Å²) in [5.74, 6) is -1.55. The van der Waals surface area contributed by atoms with Crippen LogP contribution in [0.4, 0.5) is 4.79 Å². The van der Waals surface area contributed by atoms with Crippen LogP contribution in [0.3, 0.4) is 0 Å². The van der Waals surface area contributed by atoms with E-state index in [0.29, 0.717) is 25.7 Å². The van der Waals surface area contributed by atoms with Gasteiger partial charge in [0.05, 0.1) is 5.92 Å². The van der Waals surface area contributed by atoms with Gasteiger partial charge in [0.15, 0.2) is 0 Å². The zero-order valence-corrected chi connectivity index (χ0v) is 19.6. The molecule has 1 saturated carbocycles. The smallest absolute Gasteiger partial charge is 0.407 e. The van der Waals surface area contributed by atoms with E-state index in [1.807, 2.05) is 38.1 Å². The molecule has 7 heteroatoms. The van der Waals surface area contributed by atoms with E-state index >= 15 is 0 Å². The summed E-state index contributed by atoms with van der Waals surface area (Å²) in [5.41, 5.74) is 4.58. The first-order chi connectivity index (χ1) is 16.3. The van der Waals surface area contributed by atoms with Gasteiger partial charge in [-0.25, -0.2) is 4.79 Å². The van der Waals surface area contributed by atoms with Crippen molar-refractivity contribution < 1.29 is 24.2 Å². The summed E-state index contributed by atoms with van der Waals surface area (Å²) in [6.07, 6.45) is 1.72. The molecule has 0 unspecified atom stereocenters. The maximum Gasteiger partial charge on any atom is 0.407 e. The van der Waals surface area contributed by atoms with Crippen molar-refractivity contribution in [3.63, 3.8) is 0 Å². The van der Waals surface area contributed by atoms with E-state index in [1.54, 1.807) is 0 Å². The Labute approximate surface area is 199 Å². The molecule has 0 radical (unpaired) electrons. The quantitative estimate of drug-likeness (QED) is 0.566. The number of hydrogen-bond donors (Lipinski definition) is 3. The molecular formula is C27H32N2O5. The second-order valence-corrected chi connectivity index (χ2v) is 9.59. The molecule has 0 aromatic heterocycles. The van der Waals surface area contributed by atoms with Crippen LogP contribution >= 0.6 is 0 Å².